The van der Waals surface area contributed by atoms with E-state index < -0.39 is 6.04 Å². The van der Waals surface area contributed by atoms with Crippen LogP contribution in [0.1, 0.15) is 45.3 Å². The summed E-state index contributed by atoms with van der Waals surface area (Å²) in [5.74, 6) is 0.378. The summed E-state index contributed by atoms with van der Waals surface area (Å²) in [5.41, 5.74) is 0.687. The fourth-order valence-corrected chi connectivity index (χ4v) is 2.88. The zero-order valence-electron chi connectivity index (χ0n) is 13.4. The molecule has 0 saturated carbocycles. The van der Waals surface area contributed by atoms with Crippen molar-refractivity contribution < 1.29 is 9.53 Å². The second-order valence-electron chi connectivity index (χ2n) is 6.88. The summed E-state index contributed by atoms with van der Waals surface area (Å²) in [6.45, 7) is 8.16. The number of methoxy groups -OCH3 is 1. The third-order valence-electron chi connectivity index (χ3n) is 4.02. The molecule has 1 atom stereocenters. The highest BCUT2D eigenvalue weighted by Gasteiger charge is 2.35. The van der Waals surface area contributed by atoms with Gasteiger partial charge < -0.3 is 10.1 Å². The topological polar surface area (TPSA) is 69.0 Å². The number of esters is 1. The van der Waals surface area contributed by atoms with Crippen LogP contribution >= 0.6 is 0 Å². The van der Waals surface area contributed by atoms with Gasteiger partial charge in [0.15, 0.2) is 6.04 Å². The van der Waals surface area contributed by atoms with Crippen LogP contribution in [-0.2, 0) is 16.0 Å². The number of nitrogens with zero attached hydrogens (tertiary/aromatic N) is 3. The minimum absolute atomic E-state index is 0.271. The van der Waals surface area contributed by atoms with Gasteiger partial charge in [0.25, 0.3) is 0 Å². The van der Waals surface area contributed by atoms with Crippen molar-refractivity contribution >= 4 is 5.97 Å². The Kier molecular flexibility index (Phi) is 4.98. The molecule has 1 fully saturated rings. The molecule has 21 heavy (non-hydrogen) atoms. The summed E-state index contributed by atoms with van der Waals surface area (Å²) in [4.78, 5) is 12.0. The molecule has 2 rings (SSSR count). The van der Waals surface area contributed by atoms with Crippen LogP contribution in [0.5, 0.6) is 0 Å². The Morgan fingerprint density at radius 1 is 1.48 bits per heavy atom. The first-order valence-corrected chi connectivity index (χ1v) is 7.61. The highest BCUT2D eigenvalue weighted by atomic mass is 16.5. The van der Waals surface area contributed by atoms with Crippen LogP contribution in [0.3, 0.4) is 0 Å². The molecule has 6 heteroatoms. The van der Waals surface area contributed by atoms with Gasteiger partial charge in [0.05, 0.1) is 12.8 Å². The minimum atomic E-state index is -0.447. The van der Waals surface area contributed by atoms with Gasteiger partial charge >= 0.3 is 5.97 Å². The van der Waals surface area contributed by atoms with Crippen LogP contribution in [0.25, 0.3) is 0 Å². The number of rotatable bonds is 4. The lowest BCUT2D eigenvalue weighted by atomic mass is 9.87. The van der Waals surface area contributed by atoms with E-state index in [-0.39, 0.29) is 11.4 Å². The first-order valence-electron chi connectivity index (χ1n) is 7.61. The SMILES string of the molecule is COC(=O)[C@@H](n1cc(CC2CCNCC2)nn1)C(C)(C)C. The van der Waals surface area contributed by atoms with E-state index in [9.17, 15) is 4.79 Å². The van der Waals surface area contributed by atoms with Gasteiger partial charge in [0.1, 0.15) is 0 Å². The van der Waals surface area contributed by atoms with E-state index in [0.29, 0.717) is 5.92 Å². The van der Waals surface area contributed by atoms with Gasteiger partial charge in [-0.15, -0.1) is 5.10 Å². The van der Waals surface area contributed by atoms with E-state index in [1.54, 1.807) is 4.68 Å². The highest BCUT2D eigenvalue weighted by molar-refractivity contribution is 5.74. The van der Waals surface area contributed by atoms with Gasteiger partial charge in [-0.2, -0.15) is 0 Å². The molecule has 0 radical (unpaired) electrons. The van der Waals surface area contributed by atoms with Crippen molar-refractivity contribution in [3.05, 3.63) is 11.9 Å². The molecule has 0 amide bonds. The number of ether oxygens (including phenoxy) is 1. The largest absolute Gasteiger partial charge is 0.467 e. The van der Waals surface area contributed by atoms with Crippen LogP contribution in [-0.4, -0.2) is 41.2 Å². The van der Waals surface area contributed by atoms with E-state index in [1.807, 2.05) is 27.0 Å². The fourth-order valence-electron chi connectivity index (χ4n) is 2.88. The third-order valence-corrected chi connectivity index (χ3v) is 4.02. The van der Waals surface area contributed by atoms with Crippen molar-refractivity contribution in [1.29, 1.82) is 0 Å². The minimum Gasteiger partial charge on any atom is -0.467 e. The molecule has 0 spiro atoms. The van der Waals surface area contributed by atoms with Crippen LogP contribution in [0, 0.1) is 11.3 Å². The Hall–Kier alpha value is -1.43. The standard InChI is InChI=1S/C15H26N4O2/c1-15(2,3)13(14(20)21-4)19-10-12(17-18-19)9-11-5-7-16-8-6-11/h10-11,13,16H,5-9H2,1-4H3/t13-/m1/s1. The Balaban J connectivity index is 2.10. The predicted molar refractivity (Wildman–Crippen MR) is 79.8 cm³/mol. The Morgan fingerprint density at radius 3 is 2.71 bits per heavy atom. The second kappa shape index (κ2) is 6.56. The van der Waals surface area contributed by atoms with Crippen LogP contribution in [0.15, 0.2) is 6.20 Å². The van der Waals surface area contributed by atoms with Gasteiger partial charge in [-0.25, -0.2) is 9.48 Å². The Morgan fingerprint density at radius 2 is 2.14 bits per heavy atom. The lowest BCUT2D eigenvalue weighted by molar-refractivity contribution is -0.148. The van der Waals surface area contributed by atoms with E-state index in [1.165, 1.54) is 20.0 Å². The molecule has 1 saturated heterocycles. The Labute approximate surface area is 126 Å². The molecule has 1 aromatic rings. The summed E-state index contributed by atoms with van der Waals surface area (Å²) in [6, 6.07) is -0.447. The number of carbonyl (C=O) groups is 1. The Bertz CT molecular complexity index is 472. The maximum absolute atomic E-state index is 12.0. The maximum Gasteiger partial charge on any atom is 0.331 e. The molecule has 1 aliphatic rings. The number of hydrogen-bond donors (Lipinski definition) is 1. The van der Waals surface area contributed by atoms with Crippen molar-refractivity contribution in [3.8, 4) is 0 Å². The molecular weight excluding hydrogens is 268 g/mol. The van der Waals surface area contributed by atoms with E-state index >= 15 is 0 Å². The molecule has 1 N–H and O–H groups in total. The van der Waals surface area contributed by atoms with Crippen LogP contribution in [0.2, 0.25) is 0 Å². The second-order valence-corrected chi connectivity index (χ2v) is 6.88. The monoisotopic (exact) mass is 294 g/mol. The smallest absolute Gasteiger partial charge is 0.331 e. The molecule has 6 nitrogen and oxygen atoms in total. The first-order chi connectivity index (χ1) is 9.91. The van der Waals surface area contributed by atoms with Crippen molar-refractivity contribution in [2.75, 3.05) is 20.2 Å². The summed E-state index contributed by atoms with van der Waals surface area (Å²) in [6.07, 6.45) is 5.17. The van der Waals surface area contributed by atoms with Crippen molar-refractivity contribution in [2.45, 2.75) is 46.1 Å². The molecule has 1 aromatic heterocycles. The van der Waals surface area contributed by atoms with Crippen molar-refractivity contribution in [1.82, 2.24) is 20.3 Å². The van der Waals surface area contributed by atoms with Gasteiger partial charge in [0, 0.05) is 6.20 Å². The van der Waals surface area contributed by atoms with Gasteiger partial charge in [-0.1, -0.05) is 26.0 Å². The first kappa shape index (κ1) is 15.9. The number of hydrogen-bond acceptors (Lipinski definition) is 5. The van der Waals surface area contributed by atoms with Crippen molar-refractivity contribution in [2.24, 2.45) is 11.3 Å². The fraction of sp³-hybridized carbons (Fsp3) is 0.800. The molecule has 2 heterocycles. The molecule has 0 unspecified atom stereocenters. The van der Waals surface area contributed by atoms with E-state index in [0.717, 1.165) is 25.2 Å². The number of piperidine rings is 1. The molecule has 0 bridgehead atoms. The summed E-state index contributed by atoms with van der Waals surface area (Å²) < 4.78 is 6.57. The molecular formula is C15H26N4O2. The zero-order valence-corrected chi connectivity index (χ0v) is 13.4. The summed E-state index contributed by atoms with van der Waals surface area (Å²) in [5, 5.41) is 11.8. The highest BCUT2D eigenvalue weighted by Crippen LogP contribution is 2.31. The molecule has 118 valence electrons. The van der Waals surface area contributed by atoms with Crippen LogP contribution in [0.4, 0.5) is 0 Å². The quantitative estimate of drug-likeness (QED) is 0.854. The van der Waals surface area contributed by atoms with E-state index in [2.05, 4.69) is 15.6 Å². The van der Waals surface area contributed by atoms with Gasteiger partial charge in [-0.05, 0) is 43.7 Å². The van der Waals surface area contributed by atoms with E-state index in [4.69, 9.17) is 4.74 Å². The van der Waals surface area contributed by atoms with Crippen LogP contribution < -0.4 is 5.32 Å². The average Bonchev–Trinajstić information content (AvgIpc) is 2.86. The third kappa shape index (κ3) is 4.03. The number of nitrogens with one attached hydrogen (secondary N) is 1. The normalized spacial score (nSPS) is 18.5. The lowest BCUT2D eigenvalue weighted by Gasteiger charge is -2.27. The maximum atomic E-state index is 12.0. The summed E-state index contributed by atoms with van der Waals surface area (Å²) in [7, 11) is 1.41. The number of aromatic nitrogens is 3. The average molecular weight is 294 g/mol. The predicted octanol–water partition coefficient (Wildman–Crippen LogP) is 1.58. The lowest BCUT2D eigenvalue weighted by Crippen LogP contribution is -2.33. The van der Waals surface area contributed by atoms with Crippen molar-refractivity contribution in [3.63, 3.8) is 0 Å². The van der Waals surface area contributed by atoms with Gasteiger partial charge in [-0.3, -0.25) is 0 Å². The number of carbonyl (C=O) groups excluding carboxylic acids is 1. The molecule has 1 aliphatic heterocycles. The summed E-state index contributed by atoms with van der Waals surface area (Å²) >= 11 is 0. The zero-order chi connectivity index (χ0) is 15.5. The molecule has 0 aromatic carbocycles. The molecule has 0 aliphatic carbocycles. The van der Waals surface area contributed by atoms with Gasteiger partial charge in [0.2, 0.25) is 0 Å².